The molecular formula is C13H24O2Te. The minimum absolute atomic E-state index is 0.0460. The molecule has 16 heavy (non-hydrogen) atoms. The van der Waals surface area contributed by atoms with Crippen LogP contribution < -0.4 is 0 Å². The predicted molar refractivity (Wildman–Crippen MR) is 68.7 cm³/mol. The van der Waals surface area contributed by atoms with Crippen LogP contribution in [-0.2, 0) is 9.47 Å². The summed E-state index contributed by atoms with van der Waals surface area (Å²) in [6, 6.07) is 0. The van der Waals surface area contributed by atoms with Crippen LogP contribution in [0, 0.1) is 0 Å². The Labute approximate surface area is 110 Å². The van der Waals surface area contributed by atoms with Gasteiger partial charge in [-0.3, -0.25) is 0 Å². The van der Waals surface area contributed by atoms with Crippen molar-refractivity contribution in [1.29, 1.82) is 0 Å². The van der Waals surface area contributed by atoms with Crippen LogP contribution in [0.1, 0.15) is 46.0 Å². The van der Waals surface area contributed by atoms with E-state index in [0.717, 1.165) is 13.0 Å². The molecule has 1 saturated heterocycles. The van der Waals surface area contributed by atoms with Crippen molar-refractivity contribution in [3.63, 3.8) is 0 Å². The van der Waals surface area contributed by atoms with E-state index < -0.39 is 0 Å². The van der Waals surface area contributed by atoms with Crippen LogP contribution in [0.2, 0.25) is 4.47 Å². The second kappa shape index (κ2) is 9.48. The van der Waals surface area contributed by atoms with Crippen molar-refractivity contribution in [2.75, 3.05) is 6.61 Å². The van der Waals surface area contributed by atoms with Gasteiger partial charge in [-0.15, -0.1) is 0 Å². The fourth-order valence-electron chi connectivity index (χ4n) is 1.57. The zero-order chi connectivity index (χ0) is 11.6. The molecule has 2 nitrogen and oxygen atoms in total. The van der Waals surface area contributed by atoms with E-state index in [1.165, 1.54) is 30.2 Å². The summed E-state index contributed by atoms with van der Waals surface area (Å²) in [6.45, 7) is 5.23. The number of ether oxygens (including phenoxy) is 2. The Bertz CT molecular complexity index is 188. The summed E-state index contributed by atoms with van der Waals surface area (Å²) in [5.74, 6) is 0. The van der Waals surface area contributed by atoms with E-state index in [0.29, 0.717) is 0 Å². The van der Waals surface area contributed by atoms with Gasteiger partial charge in [-0.25, -0.2) is 0 Å². The van der Waals surface area contributed by atoms with E-state index in [1.54, 1.807) is 0 Å². The number of hydrogen-bond acceptors (Lipinski definition) is 2. The summed E-state index contributed by atoms with van der Waals surface area (Å²) in [4.78, 5) is 0. The molecule has 1 heterocycles. The molecule has 0 N–H and O–H groups in total. The molecule has 3 heteroatoms. The molecule has 0 bridgehead atoms. The summed E-state index contributed by atoms with van der Waals surface area (Å²) in [5, 5.41) is 0. The first-order valence-electron chi connectivity index (χ1n) is 6.38. The van der Waals surface area contributed by atoms with Crippen LogP contribution in [-0.4, -0.2) is 39.9 Å². The molecular weight excluding hydrogens is 316 g/mol. The Morgan fingerprint density at radius 3 is 3.06 bits per heavy atom. The standard InChI is InChI=1S/C13H24O2Te/c1-3-4-10-16-11-8-12(2)15-13-7-5-6-9-14-13/h8,11-13H,3-7,9-10H2,1-2H3/b11-8-. The monoisotopic (exact) mass is 342 g/mol. The Balaban J connectivity index is 2.06. The zero-order valence-corrected chi connectivity index (χ0v) is 12.8. The Hall–Kier alpha value is 0.450. The first-order valence-corrected chi connectivity index (χ1v) is 9.37. The van der Waals surface area contributed by atoms with E-state index in [4.69, 9.17) is 9.47 Å². The summed E-state index contributed by atoms with van der Waals surface area (Å²) >= 11 is 0.0924. The van der Waals surface area contributed by atoms with Crippen LogP contribution in [0.25, 0.3) is 0 Å². The zero-order valence-electron chi connectivity index (χ0n) is 10.5. The van der Waals surface area contributed by atoms with E-state index in [2.05, 4.69) is 24.0 Å². The number of hydrogen-bond donors (Lipinski definition) is 0. The third-order valence-corrected chi connectivity index (χ3v) is 5.06. The second-order valence-corrected chi connectivity index (χ2v) is 7.08. The van der Waals surface area contributed by atoms with Gasteiger partial charge in [0.15, 0.2) is 0 Å². The molecule has 0 radical (unpaired) electrons. The van der Waals surface area contributed by atoms with Crippen molar-refractivity contribution in [3.8, 4) is 0 Å². The van der Waals surface area contributed by atoms with Gasteiger partial charge in [0.2, 0.25) is 0 Å². The van der Waals surface area contributed by atoms with Gasteiger partial charge in [0.05, 0.1) is 0 Å². The topological polar surface area (TPSA) is 18.5 Å². The minimum atomic E-state index is 0.0460. The van der Waals surface area contributed by atoms with Crippen molar-refractivity contribution >= 4 is 20.9 Å². The van der Waals surface area contributed by atoms with Crippen LogP contribution in [0.15, 0.2) is 10.2 Å². The van der Waals surface area contributed by atoms with Crippen molar-refractivity contribution in [2.45, 2.75) is 62.8 Å². The molecule has 94 valence electrons. The van der Waals surface area contributed by atoms with Crippen molar-refractivity contribution in [2.24, 2.45) is 0 Å². The molecule has 1 aliphatic rings. The third-order valence-electron chi connectivity index (χ3n) is 2.57. The molecule has 0 amide bonds. The Morgan fingerprint density at radius 1 is 1.50 bits per heavy atom. The maximum absolute atomic E-state index is 5.81. The van der Waals surface area contributed by atoms with Crippen LogP contribution in [0.5, 0.6) is 0 Å². The fraction of sp³-hybridized carbons (Fsp3) is 0.846. The van der Waals surface area contributed by atoms with Crippen molar-refractivity contribution in [3.05, 3.63) is 10.2 Å². The van der Waals surface area contributed by atoms with Crippen molar-refractivity contribution < 1.29 is 9.47 Å². The average Bonchev–Trinajstić information content (AvgIpc) is 2.30. The molecule has 1 rings (SSSR count). The van der Waals surface area contributed by atoms with Gasteiger partial charge in [0.25, 0.3) is 0 Å². The molecule has 0 spiro atoms. The number of rotatable bonds is 7. The van der Waals surface area contributed by atoms with Crippen molar-refractivity contribution in [1.82, 2.24) is 0 Å². The first-order chi connectivity index (χ1) is 7.83. The molecule has 0 aromatic rings. The summed E-state index contributed by atoms with van der Waals surface area (Å²) in [6.07, 6.45) is 8.67. The summed E-state index contributed by atoms with van der Waals surface area (Å²) < 4.78 is 15.1. The molecule has 1 aliphatic heterocycles. The molecule has 0 saturated carbocycles. The van der Waals surface area contributed by atoms with Crippen LogP contribution in [0.4, 0.5) is 0 Å². The van der Waals surface area contributed by atoms with Gasteiger partial charge in [-0.05, 0) is 0 Å². The van der Waals surface area contributed by atoms with Gasteiger partial charge in [0.1, 0.15) is 0 Å². The molecule has 2 unspecified atom stereocenters. The molecule has 1 fully saturated rings. The fourth-order valence-corrected chi connectivity index (χ4v) is 4.20. The third kappa shape index (κ3) is 6.91. The van der Waals surface area contributed by atoms with Gasteiger partial charge in [-0.2, -0.15) is 0 Å². The quantitative estimate of drug-likeness (QED) is 0.523. The number of unbranched alkanes of at least 4 members (excludes halogenated alkanes) is 1. The first kappa shape index (κ1) is 14.5. The van der Waals surface area contributed by atoms with Gasteiger partial charge < -0.3 is 0 Å². The Kier molecular flexibility index (Phi) is 8.59. The van der Waals surface area contributed by atoms with E-state index in [9.17, 15) is 0 Å². The van der Waals surface area contributed by atoms with E-state index >= 15 is 0 Å². The van der Waals surface area contributed by atoms with Gasteiger partial charge >= 0.3 is 110 Å². The predicted octanol–water partition coefficient (Wildman–Crippen LogP) is 3.35. The van der Waals surface area contributed by atoms with E-state index in [1.807, 2.05) is 0 Å². The van der Waals surface area contributed by atoms with Crippen LogP contribution >= 0.6 is 0 Å². The maximum atomic E-state index is 5.81. The molecule has 0 aliphatic carbocycles. The molecule has 0 aromatic carbocycles. The van der Waals surface area contributed by atoms with Gasteiger partial charge in [0, 0.05) is 0 Å². The SMILES string of the molecule is CCCC[Te]/C=C\C(C)OC1CCCCO1. The molecule has 0 aromatic heterocycles. The van der Waals surface area contributed by atoms with Crippen LogP contribution in [0.3, 0.4) is 0 Å². The molecule has 2 atom stereocenters. The summed E-state index contributed by atoms with van der Waals surface area (Å²) in [5.41, 5.74) is 0. The average molecular weight is 340 g/mol. The van der Waals surface area contributed by atoms with E-state index in [-0.39, 0.29) is 33.3 Å². The summed E-state index contributed by atoms with van der Waals surface area (Å²) in [7, 11) is 0. The van der Waals surface area contributed by atoms with Gasteiger partial charge in [-0.1, -0.05) is 0 Å². The normalized spacial score (nSPS) is 23.8. The second-order valence-electron chi connectivity index (χ2n) is 4.19. The Morgan fingerprint density at radius 2 is 2.38 bits per heavy atom.